The third-order valence-electron chi connectivity index (χ3n) is 3.24. The fourth-order valence-electron chi connectivity index (χ4n) is 2.21. The van der Waals surface area contributed by atoms with Gasteiger partial charge in [-0.15, -0.1) is 0 Å². The van der Waals surface area contributed by atoms with Gasteiger partial charge in [0.2, 0.25) is 0 Å². The van der Waals surface area contributed by atoms with Crippen molar-refractivity contribution in [3.8, 4) is 5.75 Å². The summed E-state index contributed by atoms with van der Waals surface area (Å²) in [6.07, 6.45) is 0. The molecule has 0 amide bonds. The Labute approximate surface area is 117 Å². The van der Waals surface area contributed by atoms with Crippen LogP contribution in [-0.2, 0) is 6.54 Å². The Kier molecular flexibility index (Phi) is 3.25. The summed E-state index contributed by atoms with van der Waals surface area (Å²) >= 11 is 0. The lowest BCUT2D eigenvalue weighted by Gasteiger charge is -2.08. The SMILES string of the molecule is Cc1ccc2cc(CNc3cccc(O)c3)ccc2n1. The number of phenols is 1. The molecule has 1 aromatic heterocycles. The van der Waals surface area contributed by atoms with Crippen LogP contribution in [0, 0.1) is 6.92 Å². The fourth-order valence-corrected chi connectivity index (χ4v) is 2.21. The molecule has 0 bridgehead atoms. The number of hydrogen-bond donors (Lipinski definition) is 2. The molecule has 0 spiro atoms. The first-order valence-corrected chi connectivity index (χ1v) is 6.60. The van der Waals surface area contributed by atoms with Crippen molar-refractivity contribution in [3.63, 3.8) is 0 Å². The largest absolute Gasteiger partial charge is 0.508 e. The van der Waals surface area contributed by atoms with E-state index in [1.54, 1.807) is 12.1 Å². The van der Waals surface area contributed by atoms with Crippen molar-refractivity contribution in [1.82, 2.24) is 4.98 Å². The molecule has 0 saturated carbocycles. The quantitative estimate of drug-likeness (QED) is 0.755. The first-order chi connectivity index (χ1) is 9.70. The van der Waals surface area contributed by atoms with Crippen LogP contribution >= 0.6 is 0 Å². The van der Waals surface area contributed by atoms with Crippen molar-refractivity contribution in [2.45, 2.75) is 13.5 Å². The topological polar surface area (TPSA) is 45.1 Å². The van der Waals surface area contributed by atoms with Crippen LogP contribution in [0.5, 0.6) is 5.75 Å². The van der Waals surface area contributed by atoms with Crippen molar-refractivity contribution < 1.29 is 5.11 Å². The Morgan fingerprint density at radius 2 is 1.95 bits per heavy atom. The maximum Gasteiger partial charge on any atom is 0.117 e. The van der Waals surface area contributed by atoms with E-state index in [1.807, 2.05) is 31.2 Å². The number of anilines is 1. The van der Waals surface area contributed by atoms with Gasteiger partial charge in [-0.2, -0.15) is 0 Å². The van der Waals surface area contributed by atoms with Gasteiger partial charge < -0.3 is 10.4 Å². The van der Waals surface area contributed by atoms with E-state index in [2.05, 4.69) is 28.5 Å². The number of benzene rings is 2. The van der Waals surface area contributed by atoms with Crippen LogP contribution in [0.3, 0.4) is 0 Å². The molecule has 3 rings (SSSR count). The van der Waals surface area contributed by atoms with Gasteiger partial charge >= 0.3 is 0 Å². The minimum Gasteiger partial charge on any atom is -0.508 e. The van der Waals surface area contributed by atoms with Gasteiger partial charge in [-0.3, -0.25) is 4.98 Å². The highest BCUT2D eigenvalue weighted by atomic mass is 16.3. The van der Waals surface area contributed by atoms with Gasteiger partial charge in [0.05, 0.1) is 5.52 Å². The van der Waals surface area contributed by atoms with Gasteiger partial charge in [-0.1, -0.05) is 18.2 Å². The molecule has 0 saturated heterocycles. The molecular formula is C17H16N2O. The van der Waals surface area contributed by atoms with Gasteiger partial charge in [-0.25, -0.2) is 0 Å². The molecule has 0 radical (unpaired) electrons. The molecule has 0 atom stereocenters. The second kappa shape index (κ2) is 5.21. The van der Waals surface area contributed by atoms with Crippen LogP contribution in [-0.4, -0.2) is 10.1 Å². The molecule has 3 heteroatoms. The monoisotopic (exact) mass is 264 g/mol. The van der Waals surface area contributed by atoms with Crippen molar-refractivity contribution >= 4 is 16.6 Å². The lowest BCUT2D eigenvalue weighted by atomic mass is 10.1. The van der Waals surface area contributed by atoms with Crippen LogP contribution in [0.25, 0.3) is 10.9 Å². The Bertz CT molecular complexity index is 753. The fraction of sp³-hybridized carbons (Fsp3) is 0.118. The summed E-state index contributed by atoms with van der Waals surface area (Å²) < 4.78 is 0. The second-order valence-electron chi connectivity index (χ2n) is 4.88. The molecule has 3 aromatic rings. The Hall–Kier alpha value is -2.55. The van der Waals surface area contributed by atoms with Crippen molar-refractivity contribution in [3.05, 3.63) is 65.9 Å². The van der Waals surface area contributed by atoms with E-state index in [9.17, 15) is 5.11 Å². The predicted molar refractivity (Wildman–Crippen MR) is 81.9 cm³/mol. The molecule has 2 N–H and O–H groups in total. The van der Waals surface area contributed by atoms with E-state index in [1.165, 1.54) is 5.56 Å². The number of aromatic hydroxyl groups is 1. The third kappa shape index (κ3) is 2.72. The smallest absolute Gasteiger partial charge is 0.117 e. The summed E-state index contributed by atoms with van der Waals surface area (Å²) in [5.41, 5.74) is 4.15. The maximum absolute atomic E-state index is 9.43. The normalized spacial score (nSPS) is 10.7. The van der Waals surface area contributed by atoms with Crippen LogP contribution in [0.15, 0.2) is 54.6 Å². The number of rotatable bonds is 3. The summed E-state index contributed by atoms with van der Waals surface area (Å²) in [7, 11) is 0. The lowest BCUT2D eigenvalue weighted by molar-refractivity contribution is 0.475. The number of nitrogens with zero attached hydrogens (tertiary/aromatic N) is 1. The van der Waals surface area contributed by atoms with Crippen molar-refractivity contribution in [1.29, 1.82) is 0 Å². The van der Waals surface area contributed by atoms with Gasteiger partial charge in [0.15, 0.2) is 0 Å². The molecule has 3 nitrogen and oxygen atoms in total. The number of nitrogens with one attached hydrogen (secondary N) is 1. The second-order valence-corrected chi connectivity index (χ2v) is 4.88. The summed E-state index contributed by atoms with van der Waals surface area (Å²) in [5.74, 6) is 0.271. The van der Waals surface area contributed by atoms with E-state index in [-0.39, 0.29) is 5.75 Å². The first kappa shape index (κ1) is 12.5. The van der Waals surface area contributed by atoms with E-state index in [4.69, 9.17) is 0 Å². The zero-order chi connectivity index (χ0) is 13.9. The molecule has 2 aromatic carbocycles. The minimum absolute atomic E-state index is 0.271. The lowest BCUT2D eigenvalue weighted by Crippen LogP contribution is -1.99. The third-order valence-corrected chi connectivity index (χ3v) is 3.24. The highest BCUT2D eigenvalue weighted by Gasteiger charge is 1.99. The molecule has 0 unspecified atom stereocenters. The highest BCUT2D eigenvalue weighted by Crippen LogP contribution is 2.18. The zero-order valence-electron chi connectivity index (χ0n) is 11.3. The zero-order valence-corrected chi connectivity index (χ0v) is 11.3. The molecule has 0 aliphatic rings. The number of aromatic nitrogens is 1. The number of hydrogen-bond acceptors (Lipinski definition) is 3. The Morgan fingerprint density at radius 1 is 1.05 bits per heavy atom. The molecule has 0 aliphatic carbocycles. The Balaban J connectivity index is 1.79. The molecule has 0 fully saturated rings. The predicted octanol–water partition coefficient (Wildman–Crippen LogP) is 3.86. The average Bonchev–Trinajstić information content (AvgIpc) is 2.45. The minimum atomic E-state index is 0.271. The van der Waals surface area contributed by atoms with E-state index < -0.39 is 0 Å². The van der Waals surface area contributed by atoms with Crippen LogP contribution < -0.4 is 5.32 Å². The molecule has 100 valence electrons. The number of fused-ring (bicyclic) bond motifs is 1. The molecule has 1 heterocycles. The summed E-state index contributed by atoms with van der Waals surface area (Å²) in [5, 5.41) is 13.9. The van der Waals surface area contributed by atoms with Crippen LogP contribution in [0.4, 0.5) is 5.69 Å². The van der Waals surface area contributed by atoms with E-state index in [0.29, 0.717) is 6.54 Å². The van der Waals surface area contributed by atoms with Crippen molar-refractivity contribution in [2.75, 3.05) is 5.32 Å². The first-order valence-electron chi connectivity index (χ1n) is 6.60. The highest BCUT2D eigenvalue weighted by molar-refractivity contribution is 5.79. The van der Waals surface area contributed by atoms with Gasteiger partial charge in [0, 0.05) is 29.4 Å². The van der Waals surface area contributed by atoms with Crippen molar-refractivity contribution in [2.24, 2.45) is 0 Å². The van der Waals surface area contributed by atoms with Gasteiger partial charge in [-0.05, 0) is 42.8 Å². The number of pyridine rings is 1. The Morgan fingerprint density at radius 3 is 2.80 bits per heavy atom. The van der Waals surface area contributed by atoms with Gasteiger partial charge in [0.25, 0.3) is 0 Å². The van der Waals surface area contributed by atoms with Crippen LogP contribution in [0.1, 0.15) is 11.3 Å². The molecule has 0 aliphatic heterocycles. The summed E-state index contributed by atoms with van der Waals surface area (Å²) in [6, 6.07) is 17.5. The maximum atomic E-state index is 9.43. The number of phenolic OH excluding ortho intramolecular Hbond substituents is 1. The van der Waals surface area contributed by atoms with Gasteiger partial charge in [0.1, 0.15) is 5.75 Å². The van der Waals surface area contributed by atoms with Crippen LogP contribution in [0.2, 0.25) is 0 Å². The standard InChI is InChI=1S/C17H16N2O/c1-12-5-7-14-9-13(6-8-17(14)19-12)11-18-15-3-2-4-16(20)10-15/h2-10,18,20H,11H2,1H3. The average molecular weight is 264 g/mol. The molecular weight excluding hydrogens is 248 g/mol. The summed E-state index contributed by atoms with van der Waals surface area (Å²) in [6.45, 7) is 2.71. The van der Waals surface area contributed by atoms with E-state index in [0.717, 1.165) is 22.3 Å². The molecule has 20 heavy (non-hydrogen) atoms. The summed E-state index contributed by atoms with van der Waals surface area (Å²) in [4.78, 5) is 4.49. The number of aryl methyl sites for hydroxylation is 1. The van der Waals surface area contributed by atoms with E-state index >= 15 is 0 Å².